The summed E-state index contributed by atoms with van der Waals surface area (Å²) in [6.07, 6.45) is 0. The van der Waals surface area contributed by atoms with Gasteiger partial charge in [-0.1, -0.05) is 52.0 Å². The number of hydrogen-bond acceptors (Lipinski definition) is 8. The van der Waals surface area contributed by atoms with Gasteiger partial charge in [0.15, 0.2) is 11.5 Å². The van der Waals surface area contributed by atoms with Crippen molar-refractivity contribution >= 4 is 19.1 Å². The van der Waals surface area contributed by atoms with Crippen LogP contribution in [0.3, 0.4) is 0 Å². The number of rotatable bonds is 4. The summed E-state index contributed by atoms with van der Waals surface area (Å²) >= 11 is -0.750. The number of hydrogen-bond donors (Lipinski definition) is 2. The van der Waals surface area contributed by atoms with Crippen LogP contribution in [0.15, 0.2) is 48.5 Å². The van der Waals surface area contributed by atoms with E-state index in [2.05, 4.69) is 37.5 Å². The molecule has 0 aliphatic carbocycles. The summed E-state index contributed by atoms with van der Waals surface area (Å²) in [6, 6.07) is 14.7. The maximum atomic E-state index is 8.29. The summed E-state index contributed by atoms with van der Waals surface area (Å²) in [5.41, 5.74) is 2.48. The molecule has 2 aromatic carbocycles. The molecule has 7 nitrogen and oxygen atoms in total. The summed E-state index contributed by atoms with van der Waals surface area (Å²) < 4.78 is 16.6. The molecule has 0 aliphatic heterocycles. The average molecular weight is 444 g/mol. The van der Waals surface area contributed by atoms with E-state index < -0.39 is 12.3 Å². The van der Waals surface area contributed by atoms with E-state index >= 15 is 0 Å². The van der Waals surface area contributed by atoms with Crippen molar-refractivity contribution in [1.82, 2.24) is 0 Å². The molecule has 10 heteroatoms. The van der Waals surface area contributed by atoms with Crippen LogP contribution >= 0.6 is 12.3 Å². The van der Waals surface area contributed by atoms with Gasteiger partial charge in [0.1, 0.15) is 6.79 Å². The minimum Gasteiger partial charge on any atom is -0.811 e. The van der Waals surface area contributed by atoms with Crippen LogP contribution in [0.5, 0.6) is 11.5 Å². The molecule has 0 amide bonds. The van der Waals surface area contributed by atoms with E-state index in [-0.39, 0.29) is 59.1 Å². The van der Waals surface area contributed by atoms with Crippen LogP contribution in [0, 0.1) is 0 Å². The molecule has 0 heterocycles. The Labute approximate surface area is 221 Å². The van der Waals surface area contributed by atoms with Gasteiger partial charge in [-0.3, -0.25) is 0 Å². The molecule has 2 aromatic rings. The minimum atomic E-state index is -0.750. The molecule has 0 aromatic heterocycles. The molecular formula is C19H26Na2O7S. The van der Waals surface area contributed by atoms with E-state index in [4.69, 9.17) is 24.4 Å². The van der Waals surface area contributed by atoms with Crippen LogP contribution < -0.4 is 68.9 Å². The van der Waals surface area contributed by atoms with Crippen LogP contribution in [0.25, 0.3) is 0 Å². The Morgan fingerprint density at radius 2 is 0.931 bits per heavy atom. The van der Waals surface area contributed by atoms with Crippen molar-refractivity contribution in [3.05, 3.63) is 59.7 Å². The molecule has 2 N–H and O–H groups in total. The Kier molecular flexibility index (Phi) is 30.2. The van der Waals surface area contributed by atoms with Gasteiger partial charge in [0.25, 0.3) is 0 Å². The number of carbonyl (C=O) groups excluding carboxylic acids is 1. The molecule has 0 atom stereocenters. The first-order valence-electron chi connectivity index (χ1n) is 7.92. The maximum absolute atomic E-state index is 8.29. The first-order valence-corrected chi connectivity index (χ1v) is 8.59. The Hall–Kier alpha value is -0.1000. The molecule has 0 fully saturated rings. The summed E-state index contributed by atoms with van der Waals surface area (Å²) in [5.74, 6) is 1.99. The molecule has 152 valence electrons. The van der Waals surface area contributed by atoms with Gasteiger partial charge < -0.3 is 36.0 Å². The monoisotopic (exact) mass is 444 g/mol. The molecule has 0 saturated heterocycles. The Bertz CT molecular complexity index is 531. The average Bonchev–Trinajstić information content (AvgIpc) is 2.70. The predicted molar refractivity (Wildman–Crippen MR) is 104 cm³/mol. The maximum Gasteiger partial charge on any atom is 1.00 e. The summed E-state index contributed by atoms with van der Waals surface area (Å²) in [6.45, 7) is 10.5. The summed E-state index contributed by atoms with van der Waals surface area (Å²) in [5, 5.41) is 16.5. The van der Waals surface area contributed by atoms with Gasteiger partial charge in [0, 0.05) is 0 Å². The molecular weight excluding hydrogens is 418 g/mol. The van der Waals surface area contributed by atoms with E-state index in [1.165, 1.54) is 11.1 Å². The van der Waals surface area contributed by atoms with Gasteiger partial charge in [0.05, 0.1) is 0 Å². The topological polar surface area (TPSA) is 122 Å². The van der Waals surface area contributed by atoms with E-state index in [1.807, 2.05) is 31.1 Å². The third kappa shape index (κ3) is 18.4. The van der Waals surface area contributed by atoms with Crippen molar-refractivity contribution in [2.24, 2.45) is 0 Å². The molecule has 2 rings (SSSR count). The van der Waals surface area contributed by atoms with E-state index in [9.17, 15) is 0 Å². The van der Waals surface area contributed by atoms with Crippen molar-refractivity contribution < 1.29 is 93.3 Å². The van der Waals surface area contributed by atoms with E-state index in [1.54, 1.807) is 24.3 Å². The molecule has 0 aliphatic rings. The van der Waals surface area contributed by atoms with Crippen LogP contribution in [-0.2, 0) is 4.79 Å². The smallest absolute Gasteiger partial charge is 0.811 e. The van der Waals surface area contributed by atoms with E-state index in [0.717, 1.165) is 0 Å². The fourth-order valence-electron chi connectivity index (χ4n) is 1.83. The van der Waals surface area contributed by atoms with Crippen molar-refractivity contribution in [2.45, 2.75) is 39.5 Å². The minimum absolute atomic E-state index is 0. The quantitative estimate of drug-likeness (QED) is 0.270. The molecule has 0 bridgehead atoms. The van der Waals surface area contributed by atoms with Crippen molar-refractivity contribution in [2.75, 3.05) is 0 Å². The normalized spacial score (nSPS) is 8.48. The van der Waals surface area contributed by atoms with Crippen LogP contribution in [-0.4, -0.2) is 26.4 Å². The van der Waals surface area contributed by atoms with Crippen molar-refractivity contribution in [3.63, 3.8) is 0 Å². The van der Waals surface area contributed by atoms with Gasteiger partial charge in [-0.05, 0) is 47.2 Å². The Balaban J connectivity index is -0.000000167. The second-order valence-corrected chi connectivity index (χ2v) is 5.83. The zero-order chi connectivity index (χ0) is 21.2. The van der Waals surface area contributed by atoms with Crippen molar-refractivity contribution in [3.8, 4) is 11.5 Å². The summed E-state index contributed by atoms with van der Waals surface area (Å²) in [7, 11) is 0. The fraction of sp³-hybridized carbons (Fsp3) is 0.316. The summed E-state index contributed by atoms with van der Waals surface area (Å²) in [4.78, 5) is 16.1. The van der Waals surface area contributed by atoms with Crippen molar-refractivity contribution in [1.29, 1.82) is 0 Å². The first-order chi connectivity index (χ1) is 12.9. The van der Waals surface area contributed by atoms with Crippen LogP contribution in [0.1, 0.15) is 50.7 Å². The third-order valence-corrected chi connectivity index (χ3v) is 3.30. The van der Waals surface area contributed by atoms with Gasteiger partial charge in [0.2, 0.25) is 0 Å². The molecule has 0 unspecified atom stereocenters. The second-order valence-electron chi connectivity index (χ2n) is 5.70. The Morgan fingerprint density at radius 3 is 1.07 bits per heavy atom. The van der Waals surface area contributed by atoms with Crippen LogP contribution in [0.4, 0.5) is 0 Å². The van der Waals surface area contributed by atoms with Gasteiger partial charge in [-0.2, -0.15) is 0 Å². The number of benzene rings is 2. The molecule has 0 spiro atoms. The van der Waals surface area contributed by atoms with Gasteiger partial charge in [-0.15, -0.1) is 0 Å². The van der Waals surface area contributed by atoms with E-state index in [0.29, 0.717) is 23.3 Å². The zero-order valence-corrected chi connectivity index (χ0v) is 22.6. The predicted octanol–water partition coefficient (Wildman–Crippen LogP) is -0.873. The van der Waals surface area contributed by atoms with Gasteiger partial charge >= 0.3 is 59.1 Å². The van der Waals surface area contributed by atoms with Gasteiger partial charge in [-0.25, -0.2) is 10.5 Å². The SMILES string of the molecule is C=O.CC(C)c1ccc(OO)cc1.CC(C)c1ccc(OO)cc1.[Na+].[Na+].[O-]S[O-]. The standard InChI is InChI=1S/2C9H12O2.CH2O.2Na.H2O2S/c2*1-7(2)8-3-5-9(11-10)6-4-8;1-2;;;1-3-2/h2*3-7,10H,1-2H3;1H2;;;1-2H/q;;;2*+1;/p-2. The zero-order valence-electron chi connectivity index (χ0n) is 17.8. The Morgan fingerprint density at radius 1 is 0.724 bits per heavy atom. The first kappa shape index (κ1) is 36.3. The molecule has 0 radical (unpaired) electrons. The largest absolute Gasteiger partial charge is 1.00 e. The number of carbonyl (C=O) groups is 1. The molecule has 0 saturated carbocycles. The second kappa shape index (κ2) is 24.2. The third-order valence-electron chi connectivity index (χ3n) is 3.30. The molecule has 29 heavy (non-hydrogen) atoms. The van der Waals surface area contributed by atoms with Crippen LogP contribution in [0.2, 0.25) is 0 Å². The fourth-order valence-corrected chi connectivity index (χ4v) is 1.83.